The van der Waals surface area contributed by atoms with Crippen molar-refractivity contribution in [3.8, 4) is 5.75 Å². The van der Waals surface area contributed by atoms with Crippen molar-refractivity contribution in [1.29, 1.82) is 0 Å². The molecule has 0 saturated carbocycles. The van der Waals surface area contributed by atoms with Crippen LogP contribution in [0.5, 0.6) is 5.75 Å². The monoisotopic (exact) mass is 376 g/mol. The molecule has 3 rings (SSSR count). The minimum atomic E-state index is -0.479. The number of amides is 1. The van der Waals surface area contributed by atoms with E-state index < -0.39 is 6.10 Å². The summed E-state index contributed by atoms with van der Waals surface area (Å²) in [5.74, 6) is 0.669. The molecule has 146 valence electrons. The smallest absolute Gasteiger partial charge is 0.261 e. The molecule has 3 aromatic rings. The fourth-order valence-electron chi connectivity index (χ4n) is 3.18. The van der Waals surface area contributed by atoms with Crippen LogP contribution in [0.4, 0.5) is 5.69 Å². The fraction of sp³-hybridized carbons (Fsp3) is 0.292. The van der Waals surface area contributed by atoms with Gasteiger partial charge in [-0.1, -0.05) is 55.5 Å². The van der Waals surface area contributed by atoms with Crippen molar-refractivity contribution in [3.63, 3.8) is 0 Å². The quantitative estimate of drug-likeness (QED) is 0.553. The molecule has 0 spiro atoms. The lowest BCUT2D eigenvalue weighted by Crippen LogP contribution is -2.39. The Morgan fingerprint density at radius 1 is 1.00 bits per heavy atom. The van der Waals surface area contributed by atoms with E-state index in [1.54, 1.807) is 0 Å². The third-order valence-electron chi connectivity index (χ3n) is 4.83. The number of carbonyl (C=O) groups excluding carboxylic acids is 1. The van der Waals surface area contributed by atoms with Crippen LogP contribution in [-0.2, 0) is 4.79 Å². The molecule has 3 aromatic carbocycles. The number of nitrogens with one attached hydrogen (secondary N) is 1. The lowest BCUT2D eigenvalue weighted by molar-refractivity contribution is -0.128. The van der Waals surface area contributed by atoms with E-state index in [0.29, 0.717) is 13.0 Å². The highest BCUT2D eigenvalue weighted by Crippen LogP contribution is 2.22. The Kier molecular flexibility index (Phi) is 6.90. The van der Waals surface area contributed by atoms with Crippen LogP contribution < -0.4 is 15.0 Å². The molecule has 4 nitrogen and oxygen atoms in total. The van der Waals surface area contributed by atoms with E-state index in [2.05, 4.69) is 35.5 Å². The van der Waals surface area contributed by atoms with Gasteiger partial charge in [0.15, 0.2) is 6.10 Å². The summed E-state index contributed by atoms with van der Waals surface area (Å²) in [7, 11) is 2.06. The molecule has 1 N–H and O–H groups in total. The minimum Gasteiger partial charge on any atom is -0.481 e. The van der Waals surface area contributed by atoms with Crippen molar-refractivity contribution < 1.29 is 9.53 Å². The number of hydrogen-bond donors (Lipinski definition) is 1. The van der Waals surface area contributed by atoms with E-state index in [1.165, 1.54) is 5.69 Å². The second-order valence-electron chi connectivity index (χ2n) is 6.93. The summed E-state index contributed by atoms with van der Waals surface area (Å²) < 4.78 is 5.96. The van der Waals surface area contributed by atoms with E-state index in [9.17, 15) is 4.79 Å². The van der Waals surface area contributed by atoms with Gasteiger partial charge in [-0.25, -0.2) is 0 Å². The number of anilines is 1. The van der Waals surface area contributed by atoms with Crippen LogP contribution in [0.2, 0.25) is 0 Å². The van der Waals surface area contributed by atoms with Gasteiger partial charge in [0.25, 0.3) is 5.91 Å². The first-order valence-corrected chi connectivity index (χ1v) is 9.86. The molecule has 4 heteroatoms. The summed E-state index contributed by atoms with van der Waals surface area (Å²) in [5, 5.41) is 5.28. The minimum absolute atomic E-state index is 0.0574. The zero-order chi connectivity index (χ0) is 19.8. The van der Waals surface area contributed by atoms with Crippen molar-refractivity contribution in [2.75, 3.05) is 25.0 Å². The summed E-state index contributed by atoms with van der Waals surface area (Å²) in [6, 6.07) is 24.3. The topological polar surface area (TPSA) is 41.6 Å². The average Bonchev–Trinajstić information content (AvgIpc) is 2.75. The highest BCUT2D eigenvalue weighted by molar-refractivity contribution is 5.84. The molecular weight excluding hydrogens is 348 g/mol. The molecule has 0 saturated heterocycles. The van der Waals surface area contributed by atoms with Gasteiger partial charge in [0.1, 0.15) is 5.75 Å². The summed E-state index contributed by atoms with van der Waals surface area (Å²) >= 11 is 0. The number of rotatable bonds is 9. The summed E-state index contributed by atoms with van der Waals surface area (Å²) in [6.45, 7) is 3.48. The van der Waals surface area contributed by atoms with E-state index in [1.807, 2.05) is 61.5 Å². The second-order valence-corrected chi connectivity index (χ2v) is 6.93. The number of hydrogen-bond acceptors (Lipinski definition) is 3. The molecule has 1 amide bonds. The van der Waals surface area contributed by atoms with Gasteiger partial charge in [-0.15, -0.1) is 0 Å². The lowest BCUT2D eigenvalue weighted by Gasteiger charge is -2.20. The van der Waals surface area contributed by atoms with E-state index in [0.717, 1.165) is 29.5 Å². The largest absolute Gasteiger partial charge is 0.481 e. The van der Waals surface area contributed by atoms with Gasteiger partial charge in [-0.3, -0.25) is 4.79 Å². The van der Waals surface area contributed by atoms with Crippen LogP contribution in [-0.4, -0.2) is 32.1 Å². The molecule has 0 unspecified atom stereocenters. The number of fused-ring (bicyclic) bond motifs is 1. The number of para-hydroxylation sites is 1. The zero-order valence-corrected chi connectivity index (χ0v) is 16.6. The third-order valence-corrected chi connectivity index (χ3v) is 4.83. The Balaban J connectivity index is 1.47. The number of carbonyl (C=O) groups is 1. The molecule has 0 heterocycles. The van der Waals surface area contributed by atoms with Crippen LogP contribution in [0.3, 0.4) is 0 Å². The highest BCUT2D eigenvalue weighted by Gasteiger charge is 2.18. The molecule has 0 aliphatic carbocycles. The van der Waals surface area contributed by atoms with Crippen LogP contribution in [0.1, 0.15) is 19.8 Å². The van der Waals surface area contributed by atoms with Crippen LogP contribution in [0.25, 0.3) is 10.8 Å². The normalized spacial score (nSPS) is 11.8. The maximum Gasteiger partial charge on any atom is 0.261 e. The first-order valence-electron chi connectivity index (χ1n) is 9.86. The van der Waals surface area contributed by atoms with Crippen molar-refractivity contribution in [2.24, 2.45) is 0 Å². The van der Waals surface area contributed by atoms with Crippen LogP contribution in [0.15, 0.2) is 72.8 Å². The van der Waals surface area contributed by atoms with Gasteiger partial charge in [-0.05, 0) is 47.9 Å². The van der Waals surface area contributed by atoms with Crippen LogP contribution >= 0.6 is 0 Å². The molecule has 0 fully saturated rings. The molecule has 0 radical (unpaired) electrons. The molecule has 0 bridgehead atoms. The Labute approximate surface area is 167 Å². The van der Waals surface area contributed by atoms with E-state index >= 15 is 0 Å². The molecule has 0 aliphatic rings. The maximum atomic E-state index is 12.5. The standard InChI is InChI=1S/C24H28N2O2/c1-3-23(28-22-15-14-19-10-7-8-11-20(19)18-22)24(27)25-16-9-17-26(2)21-12-5-4-6-13-21/h4-8,10-15,18,23H,3,9,16-17H2,1-2H3,(H,25,27)/t23-/m0/s1. The fourth-order valence-corrected chi connectivity index (χ4v) is 3.18. The average molecular weight is 377 g/mol. The Morgan fingerprint density at radius 2 is 1.71 bits per heavy atom. The first-order chi connectivity index (χ1) is 13.7. The van der Waals surface area contributed by atoms with Gasteiger partial charge in [0, 0.05) is 25.8 Å². The zero-order valence-electron chi connectivity index (χ0n) is 16.6. The summed E-state index contributed by atoms with van der Waals surface area (Å²) in [5.41, 5.74) is 1.18. The molecule has 1 atom stereocenters. The van der Waals surface area contributed by atoms with Gasteiger partial charge < -0.3 is 15.0 Å². The van der Waals surface area contributed by atoms with Crippen LogP contribution in [0, 0.1) is 0 Å². The highest BCUT2D eigenvalue weighted by atomic mass is 16.5. The van der Waals surface area contributed by atoms with Crippen molar-refractivity contribution >= 4 is 22.4 Å². The molecular formula is C24H28N2O2. The summed E-state index contributed by atoms with van der Waals surface area (Å²) in [4.78, 5) is 14.7. The SMILES string of the molecule is CC[C@H](Oc1ccc2ccccc2c1)C(=O)NCCCN(C)c1ccccc1. The van der Waals surface area contributed by atoms with Gasteiger partial charge in [0.2, 0.25) is 0 Å². The van der Waals surface area contributed by atoms with Gasteiger partial charge >= 0.3 is 0 Å². The Hall–Kier alpha value is -3.01. The predicted octanol–water partition coefficient (Wildman–Crippen LogP) is 4.64. The predicted molar refractivity (Wildman–Crippen MR) is 116 cm³/mol. The molecule has 0 aliphatic heterocycles. The van der Waals surface area contributed by atoms with Crippen molar-refractivity contribution in [2.45, 2.75) is 25.9 Å². The lowest BCUT2D eigenvalue weighted by atomic mass is 10.1. The van der Waals surface area contributed by atoms with Gasteiger partial charge in [-0.2, -0.15) is 0 Å². The maximum absolute atomic E-state index is 12.5. The first kappa shape index (κ1) is 19.7. The van der Waals surface area contributed by atoms with Crippen molar-refractivity contribution in [1.82, 2.24) is 5.32 Å². The second kappa shape index (κ2) is 9.79. The number of ether oxygens (including phenoxy) is 1. The Morgan fingerprint density at radius 3 is 2.46 bits per heavy atom. The van der Waals surface area contributed by atoms with E-state index in [4.69, 9.17) is 4.74 Å². The molecule has 0 aromatic heterocycles. The van der Waals surface area contributed by atoms with Gasteiger partial charge in [0.05, 0.1) is 0 Å². The van der Waals surface area contributed by atoms with Crippen molar-refractivity contribution in [3.05, 3.63) is 72.8 Å². The number of nitrogens with zero attached hydrogens (tertiary/aromatic N) is 1. The summed E-state index contributed by atoms with van der Waals surface area (Å²) in [6.07, 6.45) is 1.03. The third kappa shape index (κ3) is 5.26. The Bertz CT molecular complexity index is 895. The van der Waals surface area contributed by atoms with E-state index in [-0.39, 0.29) is 5.91 Å². The molecule has 28 heavy (non-hydrogen) atoms. The number of benzene rings is 3.